The summed E-state index contributed by atoms with van der Waals surface area (Å²) in [7, 11) is 3.37. The molecule has 0 amide bonds. The minimum Gasteiger partial charge on any atom is -0.467 e. The Bertz CT molecular complexity index is 434. The highest BCUT2D eigenvalue weighted by Crippen LogP contribution is 2.30. The monoisotopic (exact) mass is 278 g/mol. The third-order valence-electron chi connectivity index (χ3n) is 3.88. The minimum atomic E-state index is 0.361. The maximum Gasteiger partial charge on any atom is 0.322 e. The van der Waals surface area contributed by atoms with Gasteiger partial charge in [0.25, 0.3) is 0 Å². The quantitative estimate of drug-likeness (QED) is 0.839. The largest absolute Gasteiger partial charge is 0.467 e. The van der Waals surface area contributed by atoms with E-state index in [4.69, 9.17) is 4.74 Å². The van der Waals surface area contributed by atoms with Crippen molar-refractivity contribution < 1.29 is 4.74 Å². The molecule has 1 N–H and O–H groups in total. The molecular formula is C13H22N6O. The molecule has 0 aromatic carbocycles. The molecule has 1 aromatic heterocycles. The number of hydrogen-bond acceptors (Lipinski definition) is 7. The highest BCUT2D eigenvalue weighted by molar-refractivity contribution is 5.38. The Hall–Kier alpha value is -1.63. The summed E-state index contributed by atoms with van der Waals surface area (Å²) in [5, 5.41) is 2.95. The molecule has 1 aromatic rings. The molecule has 110 valence electrons. The van der Waals surface area contributed by atoms with Crippen LogP contribution < -0.4 is 15.0 Å². The SMILES string of the molecule is CNc1nc(OC)nc(N2CCN(CC3CC3)CC2)n1. The summed E-state index contributed by atoms with van der Waals surface area (Å²) < 4.78 is 5.13. The first-order chi connectivity index (χ1) is 9.78. The highest BCUT2D eigenvalue weighted by Gasteiger charge is 2.27. The first kappa shape index (κ1) is 13.4. The minimum absolute atomic E-state index is 0.361. The average Bonchev–Trinajstić information content (AvgIpc) is 3.31. The Morgan fingerprint density at radius 3 is 2.50 bits per heavy atom. The zero-order chi connectivity index (χ0) is 13.9. The lowest BCUT2D eigenvalue weighted by molar-refractivity contribution is 0.246. The van der Waals surface area contributed by atoms with E-state index < -0.39 is 0 Å². The fraction of sp³-hybridized carbons (Fsp3) is 0.769. The zero-order valence-electron chi connectivity index (χ0n) is 12.2. The summed E-state index contributed by atoms with van der Waals surface area (Å²) in [5.74, 6) is 2.20. The van der Waals surface area contributed by atoms with Crippen LogP contribution in [0.15, 0.2) is 0 Å². The molecule has 0 spiro atoms. The van der Waals surface area contributed by atoms with Crippen molar-refractivity contribution in [3.8, 4) is 6.01 Å². The van der Waals surface area contributed by atoms with Crippen molar-refractivity contribution in [2.24, 2.45) is 5.92 Å². The third-order valence-corrected chi connectivity index (χ3v) is 3.88. The second-order valence-electron chi connectivity index (χ2n) is 5.43. The number of piperazine rings is 1. The van der Waals surface area contributed by atoms with Gasteiger partial charge in [0, 0.05) is 39.8 Å². The van der Waals surface area contributed by atoms with Crippen molar-refractivity contribution in [2.45, 2.75) is 12.8 Å². The fourth-order valence-electron chi connectivity index (χ4n) is 2.49. The van der Waals surface area contributed by atoms with E-state index in [2.05, 4.69) is 30.1 Å². The van der Waals surface area contributed by atoms with E-state index in [0.717, 1.165) is 32.1 Å². The van der Waals surface area contributed by atoms with Crippen LogP contribution in [-0.4, -0.2) is 66.7 Å². The van der Waals surface area contributed by atoms with Crippen molar-refractivity contribution in [1.29, 1.82) is 0 Å². The van der Waals surface area contributed by atoms with Gasteiger partial charge in [0.05, 0.1) is 7.11 Å². The van der Waals surface area contributed by atoms with Crippen LogP contribution in [0.2, 0.25) is 0 Å². The van der Waals surface area contributed by atoms with Gasteiger partial charge in [-0.2, -0.15) is 15.0 Å². The van der Waals surface area contributed by atoms with Crippen molar-refractivity contribution in [1.82, 2.24) is 19.9 Å². The van der Waals surface area contributed by atoms with Gasteiger partial charge < -0.3 is 15.0 Å². The van der Waals surface area contributed by atoms with E-state index in [1.807, 2.05) is 0 Å². The molecule has 1 saturated carbocycles. The van der Waals surface area contributed by atoms with E-state index in [-0.39, 0.29) is 0 Å². The number of aromatic nitrogens is 3. The summed E-state index contributed by atoms with van der Waals surface area (Å²) in [5.41, 5.74) is 0. The maximum absolute atomic E-state index is 5.13. The van der Waals surface area contributed by atoms with Crippen molar-refractivity contribution >= 4 is 11.9 Å². The molecule has 1 aliphatic heterocycles. The topological polar surface area (TPSA) is 66.4 Å². The second-order valence-corrected chi connectivity index (χ2v) is 5.43. The van der Waals surface area contributed by atoms with Crippen molar-refractivity contribution in [3.63, 3.8) is 0 Å². The maximum atomic E-state index is 5.13. The molecule has 2 aliphatic rings. The molecular weight excluding hydrogens is 256 g/mol. The lowest BCUT2D eigenvalue weighted by atomic mass is 10.3. The molecule has 20 heavy (non-hydrogen) atoms. The molecule has 3 rings (SSSR count). The van der Waals surface area contributed by atoms with Gasteiger partial charge in [-0.15, -0.1) is 0 Å². The highest BCUT2D eigenvalue weighted by atomic mass is 16.5. The summed E-state index contributed by atoms with van der Waals surface area (Å²) in [6.07, 6.45) is 2.83. The van der Waals surface area contributed by atoms with Crippen LogP contribution in [0.4, 0.5) is 11.9 Å². The first-order valence-corrected chi connectivity index (χ1v) is 7.23. The van der Waals surface area contributed by atoms with Crippen LogP contribution in [0, 0.1) is 5.92 Å². The lowest BCUT2D eigenvalue weighted by Gasteiger charge is -2.34. The van der Waals surface area contributed by atoms with Gasteiger partial charge in [-0.1, -0.05) is 0 Å². The molecule has 1 aliphatic carbocycles. The Kier molecular flexibility index (Phi) is 3.86. The molecule has 0 radical (unpaired) electrons. The second kappa shape index (κ2) is 5.78. The van der Waals surface area contributed by atoms with Gasteiger partial charge in [-0.05, 0) is 18.8 Å². The number of rotatable bonds is 5. The number of hydrogen-bond donors (Lipinski definition) is 1. The van der Waals surface area contributed by atoms with Crippen molar-refractivity contribution in [3.05, 3.63) is 0 Å². The van der Waals surface area contributed by atoms with E-state index in [9.17, 15) is 0 Å². The average molecular weight is 278 g/mol. The molecule has 1 saturated heterocycles. The zero-order valence-corrected chi connectivity index (χ0v) is 12.2. The summed E-state index contributed by atoms with van der Waals surface area (Å²) in [6.45, 7) is 5.35. The van der Waals surface area contributed by atoms with Crippen molar-refractivity contribution in [2.75, 3.05) is 57.1 Å². The Balaban J connectivity index is 1.64. The molecule has 7 heteroatoms. The summed E-state index contributed by atoms with van der Waals surface area (Å²) >= 11 is 0. The normalized spacial score (nSPS) is 20.0. The van der Waals surface area contributed by atoms with Gasteiger partial charge in [0.15, 0.2) is 0 Å². The van der Waals surface area contributed by atoms with Gasteiger partial charge in [0.1, 0.15) is 0 Å². The van der Waals surface area contributed by atoms with Crippen LogP contribution in [0.1, 0.15) is 12.8 Å². The summed E-state index contributed by atoms with van der Waals surface area (Å²) in [6, 6.07) is 0.361. The van der Waals surface area contributed by atoms with E-state index in [1.54, 1.807) is 14.2 Å². The number of nitrogens with one attached hydrogen (secondary N) is 1. The smallest absolute Gasteiger partial charge is 0.322 e. The third kappa shape index (κ3) is 3.09. The fourth-order valence-corrected chi connectivity index (χ4v) is 2.49. The molecule has 0 unspecified atom stereocenters. The molecule has 2 heterocycles. The number of anilines is 2. The molecule has 7 nitrogen and oxygen atoms in total. The Morgan fingerprint density at radius 2 is 1.90 bits per heavy atom. The Morgan fingerprint density at radius 1 is 1.15 bits per heavy atom. The van der Waals surface area contributed by atoms with Crippen LogP contribution in [0.25, 0.3) is 0 Å². The van der Waals surface area contributed by atoms with Crippen LogP contribution in [0.3, 0.4) is 0 Å². The van der Waals surface area contributed by atoms with E-state index in [0.29, 0.717) is 17.9 Å². The summed E-state index contributed by atoms with van der Waals surface area (Å²) in [4.78, 5) is 17.6. The van der Waals surface area contributed by atoms with E-state index >= 15 is 0 Å². The molecule has 2 fully saturated rings. The predicted octanol–water partition coefficient (Wildman–Crippen LogP) is 0.454. The number of methoxy groups -OCH3 is 1. The molecule has 0 atom stereocenters. The van der Waals surface area contributed by atoms with Crippen LogP contribution in [0.5, 0.6) is 6.01 Å². The molecule has 0 bridgehead atoms. The van der Waals surface area contributed by atoms with Crippen LogP contribution >= 0.6 is 0 Å². The standard InChI is InChI=1S/C13H22N6O/c1-14-11-15-12(17-13(16-11)20-2)19-7-5-18(6-8-19)9-10-3-4-10/h10H,3-9H2,1-2H3,(H,14,15,16,17). The van der Waals surface area contributed by atoms with Gasteiger partial charge >= 0.3 is 6.01 Å². The first-order valence-electron chi connectivity index (χ1n) is 7.23. The van der Waals surface area contributed by atoms with Crippen LogP contribution in [-0.2, 0) is 0 Å². The number of nitrogens with zero attached hydrogens (tertiary/aromatic N) is 5. The number of ether oxygens (including phenoxy) is 1. The predicted molar refractivity (Wildman–Crippen MR) is 77.3 cm³/mol. The van der Waals surface area contributed by atoms with Gasteiger partial charge in [-0.3, -0.25) is 4.90 Å². The van der Waals surface area contributed by atoms with Gasteiger partial charge in [0.2, 0.25) is 11.9 Å². The Labute approximate surface area is 119 Å². The lowest BCUT2D eigenvalue weighted by Crippen LogP contribution is -2.47. The van der Waals surface area contributed by atoms with E-state index in [1.165, 1.54) is 19.4 Å². The van der Waals surface area contributed by atoms with Gasteiger partial charge in [-0.25, -0.2) is 0 Å².